The Morgan fingerprint density at radius 1 is 0.468 bits per heavy atom. The summed E-state index contributed by atoms with van der Waals surface area (Å²) in [7, 11) is 0. The van der Waals surface area contributed by atoms with Crippen LogP contribution in [0.25, 0.3) is 43.4 Å². The molecule has 0 aliphatic rings. The van der Waals surface area contributed by atoms with Crippen LogP contribution < -0.4 is 0 Å². The Balaban J connectivity index is 0.000000136. The standard InChI is InChI=1S/C19H11Cl2NO.C11H7ClO.C8H5Cl2N/c20-16-8-14-15(10-22-18(14)9-17(16)21)19(23)13-7-3-5-11-4-1-2-6-12(11)13;12-11(13)10-7-3-5-8-4-1-2-6-9(8)10;9-6-3-5-1-2-11-8(5)4-7(6)10/h1-10,22H;1-7H;1-4,11H. The first-order chi connectivity index (χ1) is 22.7. The highest BCUT2D eigenvalue weighted by molar-refractivity contribution is 6.68. The van der Waals surface area contributed by atoms with Gasteiger partial charge in [0, 0.05) is 50.9 Å². The Hall–Kier alpha value is -4.29. The second-order valence-electron chi connectivity index (χ2n) is 10.5. The van der Waals surface area contributed by atoms with Crippen LogP contribution in [0.3, 0.4) is 0 Å². The molecule has 0 atom stereocenters. The summed E-state index contributed by atoms with van der Waals surface area (Å²) in [4.78, 5) is 30.2. The lowest BCUT2D eigenvalue weighted by molar-refractivity contribution is 0.104. The monoisotopic (exact) mass is 714 g/mol. The third-order valence-electron chi connectivity index (χ3n) is 7.60. The number of benzene rings is 6. The van der Waals surface area contributed by atoms with Gasteiger partial charge >= 0.3 is 0 Å². The molecule has 0 unspecified atom stereocenters. The van der Waals surface area contributed by atoms with Gasteiger partial charge in [0.25, 0.3) is 5.24 Å². The van der Waals surface area contributed by atoms with Gasteiger partial charge in [-0.2, -0.15) is 0 Å². The quantitative estimate of drug-likeness (QED) is 0.141. The predicted molar refractivity (Wildman–Crippen MR) is 198 cm³/mol. The van der Waals surface area contributed by atoms with Crippen LogP contribution in [-0.2, 0) is 0 Å². The van der Waals surface area contributed by atoms with Gasteiger partial charge < -0.3 is 9.97 Å². The van der Waals surface area contributed by atoms with Crippen molar-refractivity contribution in [3.63, 3.8) is 0 Å². The van der Waals surface area contributed by atoms with E-state index in [4.69, 9.17) is 58.0 Å². The number of ketones is 1. The summed E-state index contributed by atoms with van der Waals surface area (Å²) in [5.74, 6) is -0.0357. The van der Waals surface area contributed by atoms with Crippen LogP contribution in [0, 0.1) is 0 Å². The average molecular weight is 717 g/mol. The van der Waals surface area contributed by atoms with Gasteiger partial charge in [-0.15, -0.1) is 0 Å². The number of nitrogens with one attached hydrogen (secondary N) is 2. The van der Waals surface area contributed by atoms with Crippen molar-refractivity contribution in [3.05, 3.63) is 164 Å². The van der Waals surface area contributed by atoms with Crippen molar-refractivity contribution in [3.8, 4) is 0 Å². The number of carbonyl (C=O) groups is 2. The van der Waals surface area contributed by atoms with Gasteiger partial charge in [-0.1, -0.05) is 125 Å². The zero-order valence-corrected chi connectivity index (χ0v) is 28.1. The summed E-state index contributed by atoms with van der Waals surface area (Å²) in [6.07, 6.45) is 3.57. The van der Waals surface area contributed by atoms with Gasteiger partial charge in [-0.3, -0.25) is 9.59 Å². The maximum Gasteiger partial charge on any atom is 0.253 e. The molecule has 2 N–H and O–H groups in total. The molecule has 8 aromatic rings. The normalized spacial score (nSPS) is 10.8. The molecule has 0 radical (unpaired) electrons. The van der Waals surface area contributed by atoms with Gasteiger partial charge in [0.05, 0.1) is 20.1 Å². The zero-order chi connectivity index (χ0) is 33.1. The number of hydrogen-bond donors (Lipinski definition) is 2. The molecule has 232 valence electrons. The summed E-state index contributed by atoms with van der Waals surface area (Å²) in [6, 6.07) is 35.9. The van der Waals surface area contributed by atoms with Gasteiger partial charge in [0.15, 0.2) is 5.78 Å². The van der Waals surface area contributed by atoms with Crippen LogP contribution in [0.15, 0.2) is 128 Å². The van der Waals surface area contributed by atoms with Gasteiger partial charge in [-0.25, -0.2) is 0 Å². The second kappa shape index (κ2) is 14.2. The molecule has 0 aliphatic heterocycles. The van der Waals surface area contributed by atoms with Gasteiger partial charge in [0.1, 0.15) is 0 Å². The fourth-order valence-corrected chi connectivity index (χ4v) is 6.14. The smallest absolute Gasteiger partial charge is 0.253 e. The van der Waals surface area contributed by atoms with Crippen LogP contribution in [0.1, 0.15) is 26.3 Å². The molecule has 2 aromatic heterocycles. The third kappa shape index (κ3) is 7.03. The minimum absolute atomic E-state index is 0.0357. The van der Waals surface area contributed by atoms with Crippen LogP contribution in [0.5, 0.6) is 0 Å². The summed E-state index contributed by atoms with van der Waals surface area (Å²) < 4.78 is 0. The van der Waals surface area contributed by atoms with Gasteiger partial charge in [-0.05, 0) is 69.5 Å². The molecule has 0 saturated heterocycles. The largest absolute Gasteiger partial charge is 0.361 e. The highest BCUT2D eigenvalue weighted by Gasteiger charge is 2.17. The topological polar surface area (TPSA) is 65.7 Å². The molecule has 47 heavy (non-hydrogen) atoms. The molecule has 0 saturated carbocycles. The molecular weight excluding hydrogens is 694 g/mol. The molecule has 0 spiro atoms. The molecule has 4 nitrogen and oxygen atoms in total. The second-order valence-corrected chi connectivity index (χ2v) is 12.5. The van der Waals surface area contributed by atoms with Crippen LogP contribution >= 0.6 is 58.0 Å². The Morgan fingerprint density at radius 3 is 1.66 bits per heavy atom. The number of hydrogen-bond acceptors (Lipinski definition) is 2. The Kier molecular flexibility index (Phi) is 9.88. The lowest BCUT2D eigenvalue weighted by atomic mass is 9.97. The minimum Gasteiger partial charge on any atom is -0.361 e. The first kappa shape index (κ1) is 32.6. The van der Waals surface area contributed by atoms with Crippen LogP contribution in [0.4, 0.5) is 0 Å². The van der Waals surface area contributed by atoms with Crippen LogP contribution in [0.2, 0.25) is 20.1 Å². The summed E-state index contributed by atoms with van der Waals surface area (Å²) in [5.41, 5.74) is 3.65. The maximum absolute atomic E-state index is 13.0. The number of carbonyl (C=O) groups excluding carboxylic acids is 2. The fourth-order valence-electron chi connectivity index (χ4n) is 5.32. The van der Waals surface area contributed by atoms with E-state index in [1.165, 1.54) is 0 Å². The number of halogens is 5. The van der Waals surface area contributed by atoms with E-state index >= 15 is 0 Å². The van der Waals surface area contributed by atoms with Crippen LogP contribution in [-0.4, -0.2) is 21.0 Å². The van der Waals surface area contributed by atoms with E-state index in [2.05, 4.69) is 9.97 Å². The van der Waals surface area contributed by atoms with E-state index < -0.39 is 5.24 Å². The lowest BCUT2D eigenvalue weighted by Gasteiger charge is -2.05. The molecular formula is C38H23Cl5N2O2. The van der Waals surface area contributed by atoms with Crippen molar-refractivity contribution in [1.29, 1.82) is 0 Å². The SMILES string of the molecule is Clc1cc2cc[nH]c2cc1Cl.O=C(Cl)c1cccc2ccccc12.O=C(c1cccc2ccccc12)c1c[nH]c2cc(Cl)c(Cl)cc12. The van der Waals surface area contributed by atoms with E-state index in [1.807, 2.05) is 103 Å². The summed E-state index contributed by atoms with van der Waals surface area (Å²) in [6.45, 7) is 0. The number of H-pyrrole nitrogens is 2. The summed E-state index contributed by atoms with van der Waals surface area (Å²) >= 11 is 29.2. The number of fused-ring (bicyclic) bond motifs is 4. The number of aromatic nitrogens is 2. The molecule has 9 heteroatoms. The molecule has 8 rings (SSSR count). The van der Waals surface area contributed by atoms with Crippen molar-refractivity contribution in [1.82, 2.24) is 9.97 Å². The first-order valence-electron chi connectivity index (χ1n) is 14.3. The molecule has 6 aromatic carbocycles. The number of rotatable bonds is 3. The fraction of sp³-hybridized carbons (Fsp3) is 0. The predicted octanol–water partition coefficient (Wildman–Crippen LogP) is 12.6. The van der Waals surface area contributed by atoms with Crippen molar-refractivity contribution in [2.24, 2.45) is 0 Å². The van der Waals surface area contributed by atoms with E-state index in [0.29, 0.717) is 36.8 Å². The Bertz CT molecular complexity index is 2380. The highest BCUT2D eigenvalue weighted by atomic mass is 35.5. The van der Waals surface area contributed by atoms with E-state index in [1.54, 1.807) is 24.4 Å². The Labute approximate surface area is 294 Å². The molecule has 0 bridgehead atoms. The van der Waals surface area contributed by atoms with E-state index in [0.717, 1.165) is 43.4 Å². The summed E-state index contributed by atoms with van der Waals surface area (Å²) in [5, 5.41) is 7.46. The van der Waals surface area contributed by atoms with Crippen molar-refractivity contribution < 1.29 is 9.59 Å². The van der Waals surface area contributed by atoms with Crippen molar-refractivity contribution in [2.45, 2.75) is 0 Å². The molecule has 0 amide bonds. The molecule has 2 heterocycles. The van der Waals surface area contributed by atoms with Crippen molar-refractivity contribution >= 4 is 112 Å². The minimum atomic E-state index is -0.406. The third-order valence-corrected chi connectivity index (χ3v) is 9.24. The zero-order valence-electron chi connectivity index (χ0n) is 24.3. The first-order valence-corrected chi connectivity index (χ1v) is 16.2. The lowest BCUT2D eigenvalue weighted by Crippen LogP contribution is -2.01. The number of aromatic amines is 2. The molecule has 0 fully saturated rings. The van der Waals surface area contributed by atoms with E-state index in [9.17, 15) is 9.59 Å². The Morgan fingerprint density at radius 2 is 1.00 bits per heavy atom. The molecule has 0 aliphatic carbocycles. The maximum atomic E-state index is 13.0. The van der Waals surface area contributed by atoms with E-state index in [-0.39, 0.29) is 5.78 Å². The average Bonchev–Trinajstić information content (AvgIpc) is 3.71. The van der Waals surface area contributed by atoms with Crippen molar-refractivity contribution in [2.75, 3.05) is 0 Å². The van der Waals surface area contributed by atoms with Gasteiger partial charge in [0.2, 0.25) is 0 Å². The highest BCUT2D eigenvalue weighted by Crippen LogP contribution is 2.32.